The van der Waals surface area contributed by atoms with Gasteiger partial charge in [0.25, 0.3) is 5.91 Å². The summed E-state index contributed by atoms with van der Waals surface area (Å²) in [6, 6.07) is 30.8. The van der Waals surface area contributed by atoms with E-state index in [-0.39, 0.29) is 44.6 Å². The van der Waals surface area contributed by atoms with Crippen molar-refractivity contribution < 1.29 is 57.6 Å². The Morgan fingerprint density at radius 3 is 1.50 bits per heavy atom. The van der Waals surface area contributed by atoms with Crippen LogP contribution in [0.4, 0.5) is 19.2 Å². The number of fused-ring (bicyclic) bond motifs is 3. The highest BCUT2D eigenvalue weighted by Gasteiger charge is 2.64. The lowest BCUT2D eigenvalue weighted by atomic mass is 9.73. The van der Waals surface area contributed by atoms with Crippen molar-refractivity contribution in [3.05, 3.63) is 119 Å². The molecule has 2 saturated carbocycles. The van der Waals surface area contributed by atoms with Crippen LogP contribution in [0.2, 0.25) is 0 Å². The van der Waals surface area contributed by atoms with Crippen molar-refractivity contribution in [2.45, 2.75) is 140 Å². The van der Waals surface area contributed by atoms with Gasteiger partial charge in [-0.2, -0.15) is 4.90 Å². The molecule has 1 heterocycles. The highest BCUT2D eigenvalue weighted by atomic mass is 16.6. The molecule has 4 aromatic carbocycles. The number of benzene rings is 4. The zero-order valence-electron chi connectivity index (χ0n) is 40.7. The number of hydrogen-bond donors (Lipinski definition) is 2. The van der Waals surface area contributed by atoms with Gasteiger partial charge in [0.1, 0.15) is 40.4 Å². The standard InChI is InChI=1S/C29H29NO5.C25H34N2O7.CH4/c1-34-21-12-10-19(11-13-21)20-14-16-29(17-15-20,27(31)32)30-28(33)35-18-26-24-8-4-2-6-22(24)23-7-3-5-9-25(23)26;1-23(2,3)33-21(30)26-19(28)25(27(20(26)29)22(31)34-24(4,5)6)14-12-17(13-15-25)16-8-10-18(32-7)11-9-16;/h2-13,20,26H,14-18H2,1H3,(H,30,33)(H,31,32);8-11,17H,12-15H2,1-7H3;1H4. The van der Waals surface area contributed by atoms with Crippen molar-refractivity contribution >= 4 is 36.2 Å². The fourth-order valence-electron chi connectivity index (χ4n) is 9.99. The van der Waals surface area contributed by atoms with Crippen molar-refractivity contribution in [1.29, 1.82) is 0 Å². The number of hydrogen-bond acceptors (Lipinski definition) is 11. The first-order valence-corrected chi connectivity index (χ1v) is 23.5. The highest BCUT2D eigenvalue weighted by Crippen LogP contribution is 2.47. The molecule has 0 bridgehead atoms. The van der Waals surface area contributed by atoms with Gasteiger partial charge >= 0.3 is 30.3 Å². The molecule has 15 nitrogen and oxygen atoms in total. The average molecular weight is 962 g/mol. The van der Waals surface area contributed by atoms with Crippen LogP contribution in [0.3, 0.4) is 0 Å². The quantitative estimate of drug-likeness (QED) is 0.126. The third kappa shape index (κ3) is 11.1. The lowest BCUT2D eigenvalue weighted by Gasteiger charge is -2.40. The number of carbonyl (C=O) groups is 6. The van der Waals surface area contributed by atoms with Crippen LogP contribution in [-0.4, -0.2) is 94.2 Å². The molecule has 4 aliphatic rings. The number of ether oxygens (including phenoxy) is 5. The molecule has 0 aromatic heterocycles. The number of aliphatic carboxylic acids is 1. The van der Waals surface area contributed by atoms with Gasteiger partial charge in [-0.25, -0.2) is 28.9 Å². The molecule has 8 rings (SSSR count). The molecule has 15 heteroatoms. The smallest absolute Gasteiger partial charge is 0.425 e. The fourth-order valence-corrected chi connectivity index (χ4v) is 9.99. The number of carbonyl (C=O) groups excluding carboxylic acids is 5. The van der Waals surface area contributed by atoms with Crippen molar-refractivity contribution in [3.8, 4) is 22.6 Å². The summed E-state index contributed by atoms with van der Waals surface area (Å²) >= 11 is 0. The maximum atomic E-state index is 13.6. The molecule has 374 valence electrons. The first-order chi connectivity index (χ1) is 32.7. The van der Waals surface area contributed by atoms with Crippen LogP contribution in [0, 0.1) is 0 Å². The monoisotopic (exact) mass is 961 g/mol. The summed E-state index contributed by atoms with van der Waals surface area (Å²) < 4.78 is 26.8. The van der Waals surface area contributed by atoms with Crippen LogP contribution in [0.1, 0.15) is 140 Å². The van der Waals surface area contributed by atoms with Gasteiger partial charge in [-0.3, -0.25) is 4.79 Å². The molecule has 3 fully saturated rings. The van der Waals surface area contributed by atoms with Gasteiger partial charge in [-0.15, -0.1) is 0 Å². The van der Waals surface area contributed by atoms with E-state index in [1.807, 2.05) is 72.8 Å². The van der Waals surface area contributed by atoms with Gasteiger partial charge in [0.15, 0.2) is 0 Å². The van der Waals surface area contributed by atoms with Crippen LogP contribution in [-0.2, 0) is 23.8 Å². The number of rotatable bonds is 8. The van der Waals surface area contributed by atoms with E-state index < -0.39 is 58.5 Å². The molecular formula is C55H67N3O12. The third-order valence-electron chi connectivity index (χ3n) is 13.5. The largest absolute Gasteiger partial charge is 0.497 e. The number of nitrogens with zero attached hydrogens (tertiary/aromatic N) is 2. The highest BCUT2D eigenvalue weighted by molar-refractivity contribution is 6.20. The van der Waals surface area contributed by atoms with E-state index in [0.29, 0.717) is 43.4 Å². The van der Waals surface area contributed by atoms with E-state index in [9.17, 15) is 33.9 Å². The molecular weight excluding hydrogens is 895 g/mol. The van der Waals surface area contributed by atoms with Gasteiger partial charge in [-0.05, 0) is 162 Å². The number of imide groups is 4. The lowest BCUT2D eigenvalue weighted by Crippen LogP contribution is -2.56. The summed E-state index contributed by atoms with van der Waals surface area (Å²) in [5.41, 5.74) is 2.17. The summed E-state index contributed by atoms with van der Waals surface area (Å²) in [4.78, 5) is 79.1. The Kier molecular flexibility index (Phi) is 15.7. The summed E-state index contributed by atoms with van der Waals surface area (Å²) in [6.45, 7) is 10.1. The molecule has 0 radical (unpaired) electrons. The third-order valence-corrected chi connectivity index (χ3v) is 13.5. The topological polar surface area (TPSA) is 187 Å². The van der Waals surface area contributed by atoms with E-state index in [1.165, 1.54) is 0 Å². The maximum absolute atomic E-state index is 13.6. The minimum absolute atomic E-state index is 0. The molecule has 0 atom stereocenters. The maximum Gasteiger partial charge on any atom is 0.425 e. The Bertz CT molecular complexity index is 2500. The number of carboxylic acids is 1. The van der Waals surface area contributed by atoms with Crippen molar-refractivity contribution in [1.82, 2.24) is 15.1 Å². The molecule has 6 amide bonds. The zero-order valence-corrected chi connectivity index (χ0v) is 40.7. The number of urea groups is 1. The van der Waals surface area contributed by atoms with Crippen LogP contribution < -0.4 is 14.8 Å². The Labute approximate surface area is 410 Å². The summed E-state index contributed by atoms with van der Waals surface area (Å²) in [6.07, 6.45) is 0.846. The zero-order chi connectivity index (χ0) is 49.9. The Balaban J connectivity index is 0.000000227. The molecule has 1 saturated heterocycles. The van der Waals surface area contributed by atoms with E-state index in [1.54, 1.807) is 55.8 Å². The van der Waals surface area contributed by atoms with Crippen LogP contribution >= 0.6 is 0 Å². The number of nitrogens with one attached hydrogen (secondary N) is 1. The molecule has 2 N–H and O–H groups in total. The Hall–Kier alpha value is -6.90. The van der Waals surface area contributed by atoms with Gasteiger partial charge < -0.3 is 34.1 Å². The number of methoxy groups -OCH3 is 2. The predicted octanol–water partition coefficient (Wildman–Crippen LogP) is 11.6. The second-order valence-electron chi connectivity index (χ2n) is 20.2. The molecule has 1 aliphatic heterocycles. The number of amides is 6. The average Bonchev–Trinajstić information content (AvgIpc) is 3.74. The van der Waals surface area contributed by atoms with E-state index in [0.717, 1.165) is 49.8 Å². The van der Waals surface area contributed by atoms with Crippen molar-refractivity contribution in [2.75, 3.05) is 20.8 Å². The van der Waals surface area contributed by atoms with Crippen LogP contribution in [0.25, 0.3) is 11.1 Å². The number of carboxylic acid groups (broad SMARTS) is 1. The second kappa shape index (κ2) is 21.0. The minimum Gasteiger partial charge on any atom is -0.497 e. The predicted molar refractivity (Wildman–Crippen MR) is 263 cm³/mol. The Morgan fingerprint density at radius 2 is 1.07 bits per heavy atom. The Morgan fingerprint density at radius 1 is 0.643 bits per heavy atom. The van der Waals surface area contributed by atoms with E-state index in [4.69, 9.17) is 23.7 Å². The van der Waals surface area contributed by atoms with E-state index in [2.05, 4.69) is 29.6 Å². The molecule has 4 aromatic rings. The van der Waals surface area contributed by atoms with Gasteiger partial charge in [0, 0.05) is 5.92 Å². The second-order valence-corrected chi connectivity index (χ2v) is 20.2. The SMILES string of the molecule is C.COc1ccc(C2CCC(NC(=O)OCC3c4ccccc4-c4ccccc43)(C(=O)O)CC2)cc1.COc1ccc(C2CCC3(CC2)C(=O)N(C(=O)OC(C)(C)C)C(=O)N3C(=O)OC(C)(C)C)cc1. The molecule has 1 spiro atoms. The first-order valence-electron chi connectivity index (χ1n) is 23.5. The molecule has 70 heavy (non-hydrogen) atoms. The first kappa shape index (κ1) is 52.5. The lowest BCUT2D eigenvalue weighted by molar-refractivity contribution is -0.146. The summed E-state index contributed by atoms with van der Waals surface area (Å²) in [5.74, 6) is 0.0935. The van der Waals surface area contributed by atoms with Gasteiger partial charge in [0.2, 0.25) is 0 Å². The van der Waals surface area contributed by atoms with Crippen molar-refractivity contribution in [2.24, 2.45) is 0 Å². The van der Waals surface area contributed by atoms with Gasteiger partial charge in [-0.1, -0.05) is 80.2 Å². The normalized spacial score (nSPS) is 21.8. The van der Waals surface area contributed by atoms with Crippen molar-refractivity contribution in [3.63, 3.8) is 0 Å². The summed E-state index contributed by atoms with van der Waals surface area (Å²) in [7, 11) is 3.23. The fraction of sp³-hybridized carbons (Fsp3) is 0.455. The minimum atomic E-state index is -1.49. The molecule has 0 unspecified atom stereocenters. The van der Waals surface area contributed by atoms with Crippen LogP contribution in [0.15, 0.2) is 97.1 Å². The summed E-state index contributed by atoms with van der Waals surface area (Å²) in [5, 5.41) is 12.7. The molecule has 3 aliphatic carbocycles. The van der Waals surface area contributed by atoms with Crippen LogP contribution in [0.5, 0.6) is 11.5 Å². The number of alkyl carbamates (subject to hydrolysis) is 1. The van der Waals surface area contributed by atoms with E-state index >= 15 is 0 Å². The van der Waals surface area contributed by atoms with Gasteiger partial charge in [0.05, 0.1) is 14.2 Å².